The van der Waals surface area contributed by atoms with Crippen molar-refractivity contribution in [3.8, 4) is 0 Å². The fourth-order valence-electron chi connectivity index (χ4n) is 1.62. The zero-order valence-electron chi connectivity index (χ0n) is 9.08. The number of amidine groups is 1. The number of halogens is 2. The maximum atomic E-state index is 6.11. The Kier molecular flexibility index (Phi) is 3.41. The highest BCUT2D eigenvalue weighted by Crippen LogP contribution is 2.32. The Balaban J connectivity index is 2.19. The maximum Gasteiger partial charge on any atom is 0.0975 e. The van der Waals surface area contributed by atoms with E-state index in [0.717, 1.165) is 24.2 Å². The highest BCUT2D eigenvalue weighted by atomic mass is 35.5. The third kappa shape index (κ3) is 2.69. The highest BCUT2D eigenvalue weighted by molar-refractivity contribution is 6.35. The van der Waals surface area contributed by atoms with Crippen LogP contribution in [0.15, 0.2) is 23.2 Å². The second-order valence-corrected chi connectivity index (χ2v) is 5.01. The van der Waals surface area contributed by atoms with Crippen LogP contribution in [0.5, 0.6) is 0 Å². The molecule has 1 saturated carbocycles. The standard InChI is InChI=1S/C12H14Cl2N2/c1-7(16-12(15)8-2-3-8)10-5-4-9(13)6-11(10)14/h4-8H,2-3H2,1H3,(H2,15,16). The van der Waals surface area contributed by atoms with Crippen LogP contribution in [0.2, 0.25) is 10.0 Å². The smallest absolute Gasteiger partial charge is 0.0975 e. The molecule has 0 saturated heterocycles. The normalized spacial score (nSPS) is 18.6. The summed E-state index contributed by atoms with van der Waals surface area (Å²) in [5, 5.41) is 1.28. The van der Waals surface area contributed by atoms with Gasteiger partial charge in [-0.05, 0) is 37.5 Å². The summed E-state index contributed by atoms with van der Waals surface area (Å²) in [6.45, 7) is 1.99. The van der Waals surface area contributed by atoms with E-state index in [1.54, 1.807) is 6.07 Å². The summed E-state index contributed by atoms with van der Waals surface area (Å²) in [6.07, 6.45) is 2.33. The van der Waals surface area contributed by atoms with E-state index in [1.165, 1.54) is 0 Å². The number of nitrogens with two attached hydrogens (primary N) is 1. The lowest BCUT2D eigenvalue weighted by molar-refractivity contribution is 0.808. The minimum Gasteiger partial charge on any atom is -0.387 e. The second-order valence-electron chi connectivity index (χ2n) is 4.17. The molecule has 1 aromatic carbocycles. The summed E-state index contributed by atoms with van der Waals surface area (Å²) in [5.74, 6) is 1.24. The van der Waals surface area contributed by atoms with E-state index in [-0.39, 0.29) is 6.04 Å². The lowest BCUT2D eigenvalue weighted by Gasteiger charge is -2.10. The van der Waals surface area contributed by atoms with E-state index in [0.29, 0.717) is 16.0 Å². The van der Waals surface area contributed by atoms with Crippen molar-refractivity contribution in [2.45, 2.75) is 25.8 Å². The van der Waals surface area contributed by atoms with Gasteiger partial charge < -0.3 is 5.73 Å². The number of hydrogen-bond donors (Lipinski definition) is 1. The fourth-order valence-corrected chi connectivity index (χ4v) is 2.18. The highest BCUT2D eigenvalue weighted by Gasteiger charge is 2.26. The van der Waals surface area contributed by atoms with Gasteiger partial charge in [-0.2, -0.15) is 0 Å². The first kappa shape index (κ1) is 11.7. The summed E-state index contributed by atoms with van der Waals surface area (Å²) in [7, 11) is 0. The van der Waals surface area contributed by atoms with Gasteiger partial charge in [-0.25, -0.2) is 0 Å². The summed E-state index contributed by atoms with van der Waals surface area (Å²) in [4.78, 5) is 4.47. The molecule has 2 N–H and O–H groups in total. The molecule has 0 heterocycles. The Hall–Kier alpha value is -0.730. The lowest BCUT2D eigenvalue weighted by Crippen LogP contribution is -2.15. The maximum absolute atomic E-state index is 6.11. The molecule has 1 unspecified atom stereocenters. The van der Waals surface area contributed by atoms with Crippen LogP contribution in [0.25, 0.3) is 0 Å². The van der Waals surface area contributed by atoms with Crippen molar-refractivity contribution in [1.29, 1.82) is 0 Å². The SMILES string of the molecule is CC(N=C(N)C1CC1)c1ccc(Cl)cc1Cl. The van der Waals surface area contributed by atoms with Crippen LogP contribution in [-0.4, -0.2) is 5.84 Å². The topological polar surface area (TPSA) is 38.4 Å². The molecule has 2 nitrogen and oxygen atoms in total. The van der Waals surface area contributed by atoms with Crippen LogP contribution in [0.3, 0.4) is 0 Å². The zero-order chi connectivity index (χ0) is 11.7. The quantitative estimate of drug-likeness (QED) is 0.648. The predicted molar refractivity (Wildman–Crippen MR) is 69.2 cm³/mol. The van der Waals surface area contributed by atoms with Crippen molar-refractivity contribution in [1.82, 2.24) is 0 Å². The van der Waals surface area contributed by atoms with Crippen molar-refractivity contribution < 1.29 is 0 Å². The molecule has 0 aliphatic heterocycles. The number of rotatable bonds is 3. The summed E-state index contributed by atoms with van der Waals surface area (Å²) in [6, 6.07) is 5.45. The van der Waals surface area contributed by atoms with Crippen LogP contribution in [-0.2, 0) is 0 Å². The minimum absolute atomic E-state index is 0.00892. The molecule has 0 aromatic heterocycles. The molecule has 16 heavy (non-hydrogen) atoms. The zero-order valence-corrected chi connectivity index (χ0v) is 10.6. The molecule has 1 aromatic rings. The number of benzene rings is 1. The van der Waals surface area contributed by atoms with Crippen LogP contribution >= 0.6 is 23.2 Å². The molecular weight excluding hydrogens is 243 g/mol. The van der Waals surface area contributed by atoms with E-state index < -0.39 is 0 Å². The predicted octanol–water partition coefficient (Wildman–Crippen LogP) is 3.82. The van der Waals surface area contributed by atoms with Gasteiger partial charge in [-0.15, -0.1) is 0 Å². The van der Waals surface area contributed by atoms with Gasteiger partial charge in [-0.3, -0.25) is 4.99 Å². The van der Waals surface area contributed by atoms with Crippen molar-refractivity contribution in [3.05, 3.63) is 33.8 Å². The van der Waals surface area contributed by atoms with E-state index >= 15 is 0 Å². The van der Waals surface area contributed by atoms with Crippen LogP contribution in [0.4, 0.5) is 0 Å². The van der Waals surface area contributed by atoms with Crippen molar-refractivity contribution in [2.75, 3.05) is 0 Å². The molecule has 0 bridgehead atoms. The molecular formula is C12H14Cl2N2. The minimum atomic E-state index is -0.00892. The number of aliphatic imine (C=N–C) groups is 1. The first-order valence-corrected chi connectivity index (χ1v) is 6.11. The average Bonchev–Trinajstić information content (AvgIpc) is 2.99. The number of nitrogens with zero attached hydrogens (tertiary/aromatic N) is 1. The summed E-state index contributed by atoms with van der Waals surface area (Å²) < 4.78 is 0. The van der Waals surface area contributed by atoms with Gasteiger partial charge in [0, 0.05) is 16.0 Å². The first-order valence-electron chi connectivity index (χ1n) is 5.36. The molecule has 1 aliphatic carbocycles. The summed E-state index contributed by atoms with van der Waals surface area (Å²) >= 11 is 12.0. The van der Waals surface area contributed by atoms with Gasteiger partial charge in [0.05, 0.1) is 11.9 Å². The van der Waals surface area contributed by atoms with Crippen LogP contribution < -0.4 is 5.73 Å². The Bertz CT molecular complexity index is 425. The Morgan fingerprint density at radius 1 is 1.44 bits per heavy atom. The third-order valence-electron chi connectivity index (χ3n) is 2.75. The van der Waals surface area contributed by atoms with Crippen molar-refractivity contribution >= 4 is 29.0 Å². The molecule has 4 heteroatoms. The van der Waals surface area contributed by atoms with Crippen molar-refractivity contribution in [3.63, 3.8) is 0 Å². The van der Waals surface area contributed by atoms with Gasteiger partial charge >= 0.3 is 0 Å². The lowest BCUT2D eigenvalue weighted by atomic mass is 10.1. The molecule has 1 atom stereocenters. The van der Waals surface area contributed by atoms with Gasteiger partial charge in [0.25, 0.3) is 0 Å². The third-order valence-corrected chi connectivity index (χ3v) is 3.31. The molecule has 86 valence electrons. The van der Waals surface area contributed by atoms with E-state index in [2.05, 4.69) is 4.99 Å². The van der Waals surface area contributed by atoms with E-state index in [9.17, 15) is 0 Å². The average molecular weight is 257 g/mol. The first-order chi connectivity index (χ1) is 7.58. The molecule has 0 radical (unpaired) electrons. The second kappa shape index (κ2) is 4.64. The fraction of sp³-hybridized carbons (Fsp3) is 0.417. The summed E-state index contributed by atoms with van der Waals surface area (Å²) in [5.41, 5.74) is 6.85. The molecule has 1 aliphatic rings. The molecule has 1 fully saturated rings. The van der Waals surface area contributed by atoms with Crippen LogP contribution in [0.1, 0.15) is 31.4 Å². The van der Waals surface area contributed by atoms with Crippen LogP contribution in [0, 0.1) is 5.92 Å². The molecule has 2 rings (SSSR count). The Labute approximate surface area is 105 Å². The van der Waals surface area contributed by atoms with Gasteiger partial charge in [0.1, 0.15) is 0 Å². The largest absolute Gasteiger partial charge is 0.387 e. The van der Waals surface area contributed by atoms with E-state index in [4.69, 9.17) is 28.9 Å². The monoisotopic (exact) mass is 256 g/mol. The Morgan fingerprint density at radius 3 is 2.69 bits per heavy atom. The van der Waals surface area contributed by atoms with E-state index in [1.807, 2.05) is 19.1 Å². The van der Waals surface area contributed by atoms with Gasteiger partial charge in [0.15, 0.2) is 0 Å². The van der Waals surface area contributed by atoms with Crippen molar-refractivity contribution in [2.24, 2.45) is 16.6 Å². The van der Waals surface area contributed by atoms with Gasteiger partial charge in [0.2, 0.25) is 0 Å². The van der Waals surface area contributed by atoms with Gasteiger partial charge in [-0.1, -0.05) is 29.3 Å². The Morgan fingerprint density at radius 2 is 2.12 bits per heavy atom. The number of hydrogen-bond acceptors (Lipinski definition) is 1. The molecule has 0 spiro atoms. The molecule has 0 amide bonds.